The third-order valence-electron chi connectivity index (χ3n) is 4.48. The second kappa shape index (κ2) is 8.58. The van der Waals surface area contributed by atoms with E-state index in [0.29, 0.717) is 24.5 Å². The number of ether oxygens (including phenoxy) is 3. The summed E-state index contributed by atoms with van der Waals surface area (Å²) in [5, 5.41) is 0. The van der Waals surface area contributed by atoms with Gasteiger partial charge in [-0.15, -0.1) is 0 Å². The molecule has 0 spiro atoms. The maximum Gasteiger partial charge on any atom is 0.417 e. The number of hydrogen-bond donors (Lipinski definition) is 0. The lowest BCUT2D eigenvalue weighted by Crippen LogP contribution is -2.34. The monoisotopic (exact) mass is 369 g/mol. The summed E-state index contributed by atoms with van der Waals surface area (Å²) in [6.45, 7) is 2.61. The molecule has 6 nitrogen and oxygen atoms in total. The van der Waals surface area contributed by atoms with E-state index in [0.717, 1.165) is 11.1 Å². The van der Waals surface area contributed by atoms with Gasteiger partial charge in [0.25, 0.3) is 0 Å². The van der Waals surface area contributed by atoms with Gasteiger partial charge in [0, 0.05) is 6.42 Å². The van der Waals surface area contributed by atoms with Crippen molar-refractivity contribution in [3.8, 4) is 11.5 Å². The van der Waals surface area contributed by atoms with E-state index in [1.807, 2.05) is 55.5 Å². The molecule has 6 heteroatoms. The predicted octanol–water partition coefficient (Wildman–Crippen LogP) is 3.75. The molecule has 1 fully saturated rings. The van der Waals surface area contributed by atoms with Gasteiger partial charge in [0.1, 0.15) is 12.6 Å². The van der Waals surface area contributed by atoms with Crippen molar-refractivity contribution in [3.63, 3.8) is 0 Å². The Kier molecular flexibility index (Phi) is 5.96. The van der Waals surface area contributed by atoms with E-state index in [4.69, 9.17) is 14.2 Å². The fourth-order valence-electron chi connectivity index (χ4n) is 3.13. The van der Waals surface area contributed by atoms with Crippen LogP contribution in [0, 0.1) is 0 Å². The fourth-order valence-corrected chi connectivity index (χ4v) is 3.13. The first kappa shape index (κ1) is 18.8. The van der Waals surface area contributed by atoms with E-state index in [9.17, 15) is 9.59 Å². The van der Waals surface area contributed by atoms with Crippen LogP contribution in [0.5, 0.6) is 11.5 Å². The Morgan fingerprint density at radius 3 is 2.67 bits per heavy atom. The minimum atomic E-state index is -0.585. The zero-order chi connectivity index (χ0) is 19.2. The number of amides is 2. The van der Waals surface area contributed by atoms with Crippen LogP contribution in [0.3, 0.4) is 0 Å². The number of hydrogen-bond acceptors (Lipinski definition) is 5. The number of imide groups is 1. The van der Waals surface area contributed by atoms with Gasteiger partial charge in [0.15, 0.2) is 11.5 Å². The normalized spacial score (nSPS) is 16.1. The van der Waals surface area contributed by atoms with Crippen molar-refractivity contribution in [1.29, 1.82) is 0 Å². The summed E-state index contributed by atoms with van der Waals surface area (Å²) in [5.41, 5.74) is 1.83. The quantitative estimate of drug-likeness (QED) is 0.744. The van der Waals surface area contributed by atoms with Crippen molar-refractivity contribution in [3.05, 3.63) is 59.7 Å². The number of carbonyl (C=O) groups is 2. The van der Waals surface area contributed by atoms with E-state index in [2.05, 4.69) is 0 Å². The number of rotatable bonds is 7. The molecule has 1 aliphatic heterocycles. The third kappa shape index (κ3) is 4.22. The van der Waals surface area contributed by atoms with Gasteiger partial charge in [-0.2, -0.15) is 0 Å². The summed E-state index contributed by atoms with van der Waals surface area (Å²) in [5.74, 6) is 1.05. The topological polar surface area (TPSA) is 65.1 Å². The zero-order valence-corrected chi connectivity index (χ0v) is 15.5. The molecule has 2 aromatic carbocycles. The van der Waals surface area contributed by atoms with Crippen LogP contribution in [0.25, 0.3) is 0 Å². The molecular formula is C21H23NO5. The summed E-state index contributed by atoms with van der Waals surface area (Å²) in [6, 6.07) is 14.7. The van der Waals surface area contributed by atoms with Crippen LogP contribution in [0.1, 0.15) is 30.5 Å². The molecule has 1 heterocycles. The zero-order valence-electron chi connectivity index (χ0n) is 15.5. The fraction of sp³-hybridized carbons (Fsp3) is 0.333. The maximum absolute atomic E-state index is 12.7. The van der Waals surface area contributed by atoms with Crippen molar-refractivity contribution >= 4 is 12.0 Å². The Bertz CT molecular complexity index is 805. The summed E-state index contributed by atoms with van der Waals surface area (Å²) in [4.78, 5) is 26.0. The van der Waals surface area contributed by atoms with Gasteiger partial charge in [-0.3, -0.25) is 4.79 Å². The largest absolute Gasteiger partial charge is 0.493 e. The van der Waals surface area contributed by atoms with Gasteiger partial charge in [-0.05, 0) is 36.6 Å². The summed E-state index contributed by atoms with van der Waals surface area (Å²) >= 11 is 0. The molecule has 0 bridgehead atoms. The first-order valence-corrected chi connectivity index (χ1v) is 8.97. The van der Waals surface area contributed by atoms with Crippen LogP contribution in [-0.4, -0.2) is 37.2 Å². The SMILES string of the molecule is CCOc1cc(CCC(=O)N2C(=O)OCC2c2ccccc2)ccc1OC. The molecule has 0 radical (unpaired) electrons. The molecule has 2 aromatic rings. The molecule has 0 aromatic heterocycles. The highest BCUT2D eigenvalue weighted by Gasteiger charge is 2.38. The summed E-state index contributed by atoms with van der Waals surface area (Å²) in [7, 11) is 1.59. The number of nitrogens with zero attached hydrogens (tertiary/aromatic N) is 1. The maximum atomic E-state index is 12.7. The first-order chi connectivity index (χ1) is 13.1. The van der Waals surface area contributed by atoms with Gasteiger partial charge in [0.2, 0.25) is 5.91 Å². The highest BCUT2D eigenvalue weighted by atomic mass is 16.6. The van der Waals surface area contributed by atoms with Crippen molar-refractivity contribution in [1.82, 2.24) is 4.90 Å². The molecule has 1 aliphatic rings. The molecular weight excluding hydrogens is 346 g/mol. The van der Waals surface area contributed by atoms with Gasteiger partial charge in [-0.1, -0.05) is 36.4 Å². The lowest BCUT2D eigenvalue weighted by molar-refractivity contribution is -0.129. The molecule has 142 valence electrons. The first-order valence-electron chi connectivity index (χ1n) is 8.97. The molecule has 1 atom stereocenters. The molecule has 2 amide bonds. The predicted molar refractivity (Wildman–Crippen MR) is 99.9 cm³/mol. The molecule has 0 aliphatic carbocycles. The van der Waals surface area contributed by atoms with Crippen molar-refractivity contribution in [2.24, 2.45) is 0 Å². The average molecular weight is 369 g/mol. The van der Waals surface area contributed by atoms with Crippen LogP contribution in [-0.2, 0) is 16.0 Å². The minimum absolute atomic E-state index is 0.186. The van der Waals surface area contributed by atoms with Gasteiger partial charge < -0.3 is 14.2 Å². The highest BCUT2D eigenvalue weighted by molar-refractivity contribution is 5.93. The van der Waals surface area contributed by atoms with Crippen molar-refractivity contribution in [2.45, 2.75) is 25.8 Å². The standard InChI is InChI=1S/C21H23NO5/c1-3-26-19-13-15(9-11-18(19)25-2)10-12-20(23)22-17(14-27-21(22)24)16-7-5-4-6-8-16/h4-9,11,13,17H,3,10,12,14H2,1-2H3. The van der Waals surface area contributed by atoms with Gasteiger partial charge in [-0.25, -0.2) is 9.69 Å². The molecule has 0 saturated carbocycles. The number of aryl methyl sites for hydroxylation is 1. The van der Waals surface area contributed by atoms with E-state index >= 15 is 0 Å². The van der Waals surface area contributed by atoms with E-state index in [1.54, 1.807) is 7.11 Å². The van der Waals surface area contributed by atoms with E-state index in [1.165, 1.54) is 4.90 Å². The summed E-state index contributed by atoms with van der Waals surface area (Å²) < 4.78 is 16.0. The number of cyclic esters (lactones) is 1. The van der Waals surface area contributed by atoms with Gasteiger partial charge >= 0.3 is 6.09 Å². The molecule has 1 saturated heterocycles. The van der Waals surface area contributed by atoms with Crippen LogP contribution in [0.4, 0.5) is 4.79 Å². The summed E-state index contributed by atoms with van der Waals surface area (Å²) in [6.07, 6.45) is 0.114. The van der Waals surface area contributed by atoms with Crippen LogP contribution >= 0.6 is 0 Å². The van der Waals surface area contributed by atoms with Crippen LogP contribution in [0.2, 0.25) is 0 Å². The Morgan fingerprint density at radius 1 is 1.19 bits per heavy atom. The van der Waals surface area contributed by atoms with Crippen molar-refractivity contribution in [2.75, 3.05) is 20.3 Å². The van der Waals surface area contributed by atoms with E-state index < -0.39 is 6.09 Å². The smallest absolute Gasteiger partial charge is 0.417 e. The average Bonchev–Trinajstić information content (AvgIpc) is 3.09. The molecule has 0 N–H and O–H groups in total. The second-order valence-corrected chi connectivity index (χ2v) is 6.19. The lowest BCUT2D eigenvalue weighted by atomic mass is 10.1. The van der Waals surface area contributed by atoms with Crippen LogP contribution in [0.15, 0.2) is 48.5 Å². The van der Waals surface area contributed by atoms with E-state index in [-0.39, 0.29) is 25.0 Å². The Hall–Kier alpha value is -3.02. The third-order valence-corrected chi connectivity index (χ3v) is 4.48. The molecule has 1 unspecified atom stereocenters. The number of carbonyl (C=O) groups excluding carboxylic acids is 2. The lowest BCUT2D eigenvalue weighted by Gasteiger charge is -2.20. The Morgan fingerprint density at radius 2 is 1.96 bits per heavy atom. The van der Waals surface area contributed by atoms with Crippen molar-refractivity contribution < 1.29 is 23.8 Å². The molecule has 27 heavy (non-hydrogen) atoms. The van der Waals surface area contributed by atoms with Crippen LogP contribution < -0.4 is 9.47 Å². The Labute approximate surface area is 158 Å². The number of methoxy groups -OCH3 is 1. The second-order valence-electron chi connectivity index (χ2n) is 6.19. The Balaban J connectivity index is 1.69. The number of benzene rings is 2. The molecule has 3 rings (SSSR count). The van der Waals surface area contributed by atoms with Gasteiger partial charge in [0.05, 0.1) is 13.7 Å². The highest BCUT2D eigenvalue weighted by Crippen LogP contribution is 2.30. The minimum Gasteiger partial charge on any atom is -0.493 e.